The van der Waals surface area contributed by atoms with Gasteiger partial charge in [-0.15, -0.1) is 0 Å². The molecule has 0 saturated heterocycles. The van der Waals surface area contributed by atoms with Gasteiger partial charge < -0.3 is 23.8 Å². The number of hydrogen-bond donors (Lipinski definition) is 1. The summed E-state index contributed by atoms with van der Waals surface area (Å²) in [6.07, 6.45) is 0.365. The number of hydrogen-bond acceptors (Lipinski definition) is 6. The van der Waals surface area contributed by atoms with Crippen LogP contribution in [0.25, 0.3) is 0 Å². The first-order valence-electron chi connectivity index (χ1n) is 4.20. The summed E-state index contributed by atoms with van der Waals surface area (Å²) in [5.41, 5.74) is 0. The Bertz CT molecular complexity index is 190. The molecule has 1 N–H and O–H groups in total. The van der Waals surface area contributed by atoms with E-state index in [-0.39, 0.29) is 14.0 Å². The average Bonchev–Trinajstić information content (AvgIpc) is 2.14. The van der Waals surface area contributed by atoms with Crippen LogP contribution in [-0.4, -0.2) is 38.6 Å². The summed E-state index contributed by atoms with van der Waals surface area (Å²) in [6.45, 7) is -2.71. The van der Waals surface area contributed by atoms with Crippen molar-refractivity contribution in [2.75, 3.05) is 27.4 Å². The van der Waals surface area contributed by atoms with Gasteiger partial charge in [0.1, 0.15) is 6.72 Å². The summed E-state index contributed by atoms with van der Waals surface area (Å²) in [5, 5.41) is 9.33. The lowest BCUT2D eigenvalue weighted by Crippen LogP contribution is -2.14. The lowest BCUT2D eigenvalue weighted by atomic mass is 10.2. The van der Waals surface area contributed by atoms with E-state index in [4.69, 9.17) is 9.26 Å². The van der Waals surface area contributed by atoms with Gasteiger partial charge in [0.05, 0.1) is 12.7 Å². The van der Waals surface area contributed by atoms with Crippen LogP contribution in [0.2, 0.25) is 0 Å². The molecule has 0 rings (SSSR count). The summed E-state index contributed by atoms with van der Waals surface area (Å²) in [4.78, 5) is 11.0. The molecule has 0 bridgehead atoms. The first-order valence-corrected chi connectivity index (χ1v) is 6.75. The fraction of sp³-hybridized carbons (Fsp3) is 1.00. The molecule has 0 aliphatic carbocycles. The van der Waals surface area contributed by atoms with E-state index in [0.29, 0.717) is 19.4 Å². The number of rotatable bonds is 8. The van der Waals surface area contributed by atoms with Crippen LogP contribution in [0.5, 0.6) is 0 Å². The Morgan fingerprint density at radius 2 is 1.87 bits per heavy atom. The van der Waals surface area contributed by atoms with Crippen molar-refractivity contribution in [3.05, 3.63) is 0 Å². The molecule has 0 aromatic heterocycles. The third kappa shape index (κ3) is 10.7. The molecule has 7 heteroatoms. The van der Waals surface area contributed by atoms with E-state index in [1.54, 1.807) is 7.11 Å². The zero-order valence-corrected chi connectivity index (χ0v) is 10.1. The smallest absolute Gasteiger partial charge is 0.115 e. The number of methoxy groups -OCH3 is 1. The highest BCUT2D eigenvalue weighted by molar-refractivity contribution is 8.06. The Hall–Kier alpha value is 0.450. The van der Waals surface area contributed by atoms with Crippen LogP contribution < -0.4 is 4.89 Å². The standard InChI is InChI=1S/C7H17O5PS.CH4/c1-10-5-3-7(8)4-6-12-13(9,14)11-2;/h7-8H,3-6H2,1-2H3,(H,9,14);1H4/p-1. The van der Waals surface area contributed by atoms with Crippen molar-refractivity contribution in [3.8, 4) is 0 Å². The molecule has 0 radical (unpaired) electrons. The fourth-order valence-corrected chi connectivity index (χ4v) is 1.41. The Kier molecular flexibility index (Phi) is 11.5. The molecular weight excluding hydrogens is 239 g/mol. The highest BCUT2D eigenvalue weighted by Gasteiger charge is 2.06. The third-order valence-electron chi connectivity index (χ3n) is 1.58. The fourth-order valence-electron chi connectivity index (χ4n) is 0.751. The molecule has 0 heterocycles. The van der Waals surface area contributed by atoms with Crippen LogP contribution in [0, 0.1) is 0 Å². The molecule has 2 unspecified atom stereocenters. The highest BCUT2D eigenvalue weighted by Crippen LogP contribution is 2.37. The maximum absolute atomic E-state index is 11.0. The van der Waals surface area contributed by atoms with Gasteiger partial charge in [-0.2, -0.15) is 0 Å². The molecule has 2 atom stereocenters. The molecule has 0 saturated carbocycles. The summed E-state index contributed by atoms with van der Waals surface area (Å²) in [5.74, 6) is 0. The van der Waals surface area contributed by atoms with Crippen LogP contribution in [0.15, 0.2) is 0 Å². The molecule has 0 aliphatic heterocycles. The van der Waals surface area contributed by atoms with E-state index in [1.165, 1.54) is 7.11 Å². The SMILES string of the molecule is C.COCCC(O)CCOP([O-])(=S)OC. The maximum atomic E-state index is 11.0. The molecule has 0 fully saturated rings. The molecule has 15 heavy (non-hydrogen) atoms. The van der Waals surface area contributed by atoms with E-state index < -0.39 is 12.8 Å². The van der Waals surface area contributed by atoms with Crippen molar-refractivity contribution < 1.29 is 23.8 Å². The van der Waals surface area contributed by atoms with Gasteiger partial charge in [-0.3, -0.25) is 0 Å². The predicted molar refractivity (Wildman–Crippen MR) is 61.1 cm³/mol. The lowest BCUT2D eigenvalue weighted by molar-refractivity contribution is -0.204. The van der Waals surface area contributed by atoms with E-state index in [9.17, 15) is 10.00 Å². The minimum absolute atomic E-state index is 0. The average molecular weight is 259 g/mol. The monoisotopic (exact) mass is 259 g/mol. The minimum atomic E-state index is -3.31. The highest BCUT2D eigenvalue weighted by atomic mass is 32.5. The largest absolute Gasteiger partial charge is 0.780 e. The summed E-state index contributed by atoms with van der Waals surface area (Å²) < 4.78 is 14.0. The van der Waals surface area contributed by atoms with Gasteiger partial charge >= 0.3 is 0 Å². The van der Waals surface area contributed by atoms with Crippen molar-refractivity contribution >= 4 is 18.5 Å². The molecular formula is C8H20O5PS-. The number of ether oxygens (including phenoxy) is 1. The molecule has 5 nitrogen and oxygen atoms in total. The van der Waals surface area contributed by atoms with Gasteiger partial charge in [-0.05, 0) is 12.8 Å². The van der Waals surface area contributed by atoms with Gasteiger partial charge in [0.25, 0.3) is 0 Å². The van der Waals surface area contributed by atoms with E-state index >= 15 is 0 Å². The van der Waals surface area contributed by atoms with Crippen LogP contribution in [-0.2, 0) is 25.6 Å². The van der Waals surface area contributed by atoms with Crippen molar-refractivity contribution in [3.63, 3.8) is 0 Å². The second-order valence-electron chi connectivity index (χ2n) is 2.69. The Morgan fingerprint density at radius 3 is 2.33 bits per heavy atom. The second kappa shape index (κ2) is 9.66. The third-order valence-corrected chi connectivity index (χ3v) is 3.29. The van der Waals surface area contributed by atoms with Crippen molar-refractivity contribution in [2.45, 2.75) is 26.4 Å². The Labute approximate surface area is 96.6 Å². The molecule has 0 spiro atoms. The molecule has 0 aromatic rings. The lowest BCUT2D eigenvalue weighted by Gasteiger charge is -2.25. The second-order valence-corrected chi connectivity index (χ2v) is 5.55. The molecule has 0 aromatic carbocycles. The van der Waals surface area contributed by atoms with Gasteiger partial charge in [0, 0.05) is 20.8 Å². The normalized spacial score (nSPS) is 16.5. The first kappa shape index (κ1) is 17.8. The molecule has 0 aliphatic rings. The zero-order chi connectivity index (χ0) is 11.0. The van der Waals surface area contributed by atoms with Crippen molar-refractivity contribution in [1.29, 1.82) is 0 Å². The zero-order valence-electron chi connectivity index (χ0n) is 8.34. The number of aliphatic hydroxyl groups is 1. The van der Waals surface area contributed by atoms with E-state index in [2.05, 4.69) is 16.3 Å². The predicted octanol–water partition coefficient (Wildman–Crippen LogP) is 0.658. The molecule has 94 valence electrons. The van der Waals surface area contributed by atoms with Gasteiger partial charge in [-0.25, -0.2) is 0 Å². The summed E-state index contributed by atoms with van der Waals surface area (Å²) >= 11 is 4.49. The van der Waals surface area contributed by atoms with Gasteiger partial charge in [-0.1, -0.05) is 19.2 Å². The molecule has 0 amide bonds. The Morgan fingerprint density at radius 1 is 1.33 bits per heavy atom. The quantitative estimate of drug-likeness (QED) is 0.646. The van der Waals surface area contributed by atoms with Crippen LogP contribution in [0.1, 0.15) is 20.3 Å². The Balaban J connectivity index is 0. The van der Waals surface area contributed by atoms with E-state index in [1.807, 2.05) is 0 Å². The number of aliphatic hydroxyl groups excluding tert-OH is 1. The van der Waals surface area contributed by atoms with Crippen molar-refractivity contribution in [1.82, 2.24) is 0 Å². The summed E-state index contributed by atoms with van der Waals surface area (Å²) in [6, 6.07) is 0. The van der Waals surface area contributed by atoms with Crippen LogP contribution in [0.3, 0.4) is 0 Å². The van der Waals surface area contributed by atoms with E-state index in [0.717, 1.165) is 0 Å². The first-order chi connectivity index (χ1) is 6.52. The maximum Gasteiger partial charge on any atom is 0.115 e. The topological polar surface area (TPSA) is 71.0 Å². The van der Waals surface area contributed by atoms with Gasteiger partial charge in [0.15, 0.2) is 0 Å². The van der Waals surface area contributed by atoms with Crippen LogP contribution >= 0.6 is 6.72 Å². The minimum Gasteiger partial charge on any atom is -0.780 e. The van der Waals surface area contributed by atoms with Crippen LogP contribution in [0.4, 0.5) is 0 Å². The summed E-state index contributed by atoms with van der Waals surface area (Å²) in [7, 11) is 2.79. The van der Waals surface area contributed by atoms with Crippen molar-refractivity contribution in [2.24, 2.45) is 0 Å². The van der Waals surface area contributed by atoms with Gasteiger partial charge in [0.2, 0.25) is 0 Å².